The van der Waals surface area contributed by atoms with E-state index in [2.05, 4.69) is 11.8 Å². The molecule has 1 aliphatic rings. The molecule has 0 saturated heterocycles. The maximum absolute atomic E-state index is 10.2. The van der Waals surface area contributed by atoms with Crippen molar-refractivity contribution in [2.45, 2.75) is 32.1 Å². The second-order valence-corrected chi connectivity index (χ2v) is 2.89. The molecule has 1 N–H and O–H groups in total. The van der Waals surface area contributed by atoms with E-state index in [0.717, 1.165) is 25.7 Å². The van der Waals surface area contributed by atoms with Gasteiger partial charge in [0.1, 0.15) is 0 Å². The van der Waals surface area contributed by atoms with E-state index in [1.165, 1.54) is 0 Å². The molecule has 0 aromatic heterocycles. The van der Waals surface area contributed by atoms with E-state index in [-0.39, 0.29) is 0 Å². The molecule has 0 aliphatic heterocycles. The van der Waals surface area contributed by atoms with Crippen LogP contribution < -0.4 is 0 Å². The quantitative estimate of drug-likeness (QED) is 0.624. The van der Waals surface area contributed by atoms with Crippen molar-refractivity contribution in [1.29, 1.82) is 0 Å². The van der Waals surface area contributed by atoms with Crippen molar-refractivity contribution in [3.8, 4) is 11.8 Å². The minimum absolute atomic E-state index is 0.298. The molecule has 60 valence electrons. The summed E-state index contributed by atoms with van der Waals surface area (Å²) < 4.78 is 0. The first-order chi connectivity index (χ1) is 5.29. The van der Waals surface area contributed by atoms with Crippen LogP contribution >= 0.6 is 0 Å². The van der Waals surface area contributed by atoms with Crippen LogP contribution in [0.3, 0.4) is 0 Å². The van der Waals surface area contributed by atoms with Crippen LogP contribution in [0.5, 0.6) is 0 Å². The third kappa shape index (κ3) is 3.08. The minimum atomic E-state index is -0.691. The Kier molecular flexibility index (Phi) is 2.97. The highest BCUT2D eigenvalue weighted by Crippen LogP contribution is 2.19. The molecule has 0 radical (unpaired) electrons. The van der Waals surface area contributed by atoms with Crippen molar-refractivity contribution in [2.24, 2.45) is 5.92 Å². The average molecular weight is 152 g/mol. The fraction of sp³-hybridized carbons (Fsp3) is 0.667. The van der Waals surface area contributed by atoms with E-state index in [0.29, 0.717) is 12.3 Å². The van der Waals surface area contributed by atoms with Gasteiger partial charge in [-0.15, -0.1) is 11.8 Å². The maximum Gasteiger partial charge on any atom is 0.303 e. The van der Waals surface area contributed by atoms with Gasteiger partial charge >= 0.3 is 5.97 Å². The van der Waals surface area contributed by atoms with Crippen LogP contribution in [0.2, 0.25) is 0 Å². The molecule has 0 fully saturated rings. The lowest BCUT2D eigenvalue weighted by Crippen LogP contribution is -2.05. The normalized spacial score (nSPS) is 22.0. The third-order valence-electron chi connectivity index (χ3n) is 1.96. The minimum Gasteiger partial charge on any atom is -0.481 e. The summed E-state index contributed by atoms with van der Waals surface area (Å²) in [7, 11) is 0. The first-order valence-electron chi connectivity index (χ1n) is 3.96. The average Bonchev–Trinajstić information content (AvgIpc) is 2.03. The van der Waals surface area contributed by atoms with Crippen molar-refractivity contribution in [1.82, 2.24) is 0 Å². The third-order valence-corrected chi connectivity index (χ3v) is 1.96. The molecule has 0 saturated carbocycles. The number of hydrogen-bond acceptors (Lipinski definition) is 1. The second kappa shape index (κ2) is 4.02. The number of hydrogen-bond donors (Lipinski definition) is 1. The SMILES string of the molecule is O=C(O)CCC1CC#CCC1. The number of rotatable bonds is 3. The van der Waals surface area contributed by atoms with Crippen LogP contribution in [0, 0.1) is 17.8 Å². The summed E-state index contributed by atoms with van der Waals surface area (Å²) in [5.74, 6) is 5.86. The molecule has 1 unspecified atom stereocenters. The molecule has 11 heavy (non-hydrogen) atoms. The van der Waals surface area contributed by atoms with E-state index < -0.39 is 5.97 Å². The summed E-state index contributed by atoms with van der Waals surface area (Å²) in [6, 6.07) is 0. The molecule has 0 aromatic rings. The molecule has 0 amide bonds. The molecule has 1 atom stereocenters. The van der Waals surface area contributed by atoms with Gasteiger partial charge in [-0.3, -0.25) is 4.79 Å². The van der Waals surface area contributed by atoms with Crippen LogP contribution in [0.4, 0.5) is 0 Å². The Hall–Kier alpha value is -0.970. The number of carboxylic acids is 1. The van der Waals surface area contributed by atoms with E-state index in [4.69, 9.17) is 5.11 Å². The molecular weight excluding hydrogens is 140 g/mol. The van der Waals surface area contributed by atoms with Crippen LogP contribution in [-0.2, 0) is 4.79 Å². The van der Waals surface area contributed by atoms with Crippen LogP contribution in [0.15, 0.2) is 0 Å². The Morgan fingerprint density at radius 2 is 2.36 bits per heavy atom. The zero-order valence-corrected chi connectivity index (χ0v) is 6.47. The van der Waals surface area contributed by atoms with Crippen molar-refractivity contribution in [3.63, 3.8) is 0 Å². The molecular formula is C9H12O2. The lowest BCUT2D eigenvalue weighted by molar-refractivity contribution is -0.137. The highest BCUT2D eigenvalue weighted by molar-refractivity contribution is 5.66. The molecule has 2 heteroatoms. The van der Waals surface area contributed by atoms with Gasteiger partial charge in [0.25, 0.3) is 0 Å². The number of aliphatic carboxylic acids is 1. The fourth-order valence-electron chi connectivity index (χ4n) is 1.26. The van der Waals surface area contributed by atoms with Crippen molar-refractivity contribution < 1.29 is 9.90 Å². The van der Waals surface area contributed by atoms with Gasteiger partial charge < -0.3 is 5.11 Å². The monoisotopic (exact) mass is 152 g/mol. The zero-order chi connectivity index (χ0) is 8.10. The van der Waals surface area contributed by atoms with Crippen LogP contribution in [0.1, 0.15) is 32.1 Å². The van der Waals surface area contributed by atoms with Crippen molar-refractivity contribution >= 4 is 5.97 Å². The molecule has 2 nitrogen and oxygen atoms in total. The predicted octanol–water partition coefficient (Wildman–Crippen LogP) is 1.65. The van der Waals surface area contributed by atoms with Crippen molar-refractivity contribution in [2.75, 3.05) is 0 Å². The standard InChI is InChI=1S/C9H12O2/c10-9(11)7-6-8-4-2-1-3-5-8/h8H,2,4-7H2,(H,10,11). The molecule has 1 aliphatic carbocycles. The smallest absolute Gasteiger partial charge is 0.303 e. The Morgan fingerprint density at radius 3 is 2.91 bits per heavy atom. The predicted molar refractivity (Wildman–Crippen MR) is 42.0 cm³/mol. The Bertz CT molecular complexity index is 197. The van der Waals surface area contributed by atoms with Gasteiger partial charge in [-0.1, -0.05) is 0 Å². The highest BCUT2D eigenvalue weighted by Gasteiger charge is 2.10. The Morgan fingerprint density at radius 1 is 1.55 bits per heavy atom. The molecule has 0 bridgehead atoms. The summed E-state index contributed by atoms with van der Waals surface area (Å²) in [6.07, 6.45) is 4.02. The lowest BCUT2D eigenvalue weighted by Gasteiger charge is -2.13. The zero-order valence-electron chi connectivity index (χ0n) is 6.47. The molecule has 0 heterocycles. The number of carboxylic acid groups (broad SMARTS) is 1. The molecule has 0 spiro atoms. The van der Waals surface area contributed by atoms with Gasteiger partial charge in [-0.2, -0.15) is 0 Å². The summed E-state index contributed by atoms with van der Waals surface area (Å²) in [6.45, 7) is 0. The van der Waals surface area contributed by atoms with Gasteiger partial charge in [0.05, 0.1) is 0 Å². The van der Waals surface area contributed by atoms with E-state index in [9.17, 15) is 4.79 Å². The lowest BCUT2D eigenvalue weighted by atomic mass is 9.92. The van der Waals surface area contributed by atoms with Crippen molar-refractivity contribution in [3.05, 3.63) is 0 Å². The molecule has 0 aromatic carbocycles. The number of carbonyl (C=O) groups is 1. The fourth-order valence-corrected chi connectivity index (χ4v) is 1.26. The van der Waals surface area contributed by atoms with Gasteiger partial charge in [-0.25, -0.2) is 0 Å². The summed E-state index contributed by atoms with van der Waals surface area (Å²) in [4.78, 5) is 10.2. The van der Waals surface area contributed by atoms with E-state index in [1.54, 1.807) is 0 Å². The first kappa shape index (κ1) is 8.13. The van der Waals surface area contributed by atoms with Gasteiger partial charge in [-0.05, 0) is 18.8 Å². The Balaban J connectivity index is 2.18. The van der Waals surface area contributed by atoms with Gasteiger partial charge in [0.15, 0.2) is 0 Å². The van der Waals surface area contributed by atoms with E-state index in [1.807, 2.05) is 0 Å². The summed E-state index contributed by atoms with van der Waals surface area (Å²) in [5, 5.41) is 8.41. The van der Waals surface area contributed by atoms with Crippen LogP contribution in [-0.4, -0.2) is 11.1 Å². The second-order valence-electron chi connectivity index (χ2n) is 2.89. The summed E-state index contributed by atoms with van der Waals surface area (Å²) in [5.41, 5.74) is 0. The topological polar surface area (TPSA) is 37.3 Å². The van der Waals surface area contributed by atoms with Gasteiger partial charge in [0, 0.05) is 19.3 Å². The summed E-state index contributed by atoms with van der Waals surface area (Å²) >= 11 is 0. The maximum atomic E-state index is 10.2. The largest absolute Gasteiger partial charge is 0.481 e. The van der Waals surface area contributed by atoms with E-state index >= 15 is 0 Å². The Labute approximate surface area is 66.6 Å². The first-order valence-corrected chi connectivity index (χ1v) is 3.96. The molecule has 1 rings (SSSR count). The van der Waals surface area contributed by atoms with Crippen LogP contribution in [0.25, 0.3) is 0 Å². The van der Waals surface area contributed by atoms with Gasteiger partial charge in [0.2, 0.25) is 0 Å². The highest BCUT2D eigenvalue weighted by atomic mass is 16.4.